The van der Waals surface area contributed by atoms with Crippen LogP contribution in [0.2, 0.25) is 0 Å². The SMILES string of the molecule is CCCNC(=O)CCNCc1cn[nH]c1-c1cccs1. The summed E-state index contributed by atoms with van der Waals surface area (Å²) in [6.45, 7) is 4.18. The lowest BCUT2D eigenvalue weighted by Gasteiger charge is -2.05. The van der Waals surface area contributed by atoms with Crippen molar-refractivity contribution in [1.29, 1.82) is 0 Å². The van der Waals surface area contributed by atoms with Gasteiger partial charge in [0.2, 0.25) is 5.91 Å². The van der Waals surface area contributed by atoms with Crippen molar-refractivity contribution < 1.29 is 4.79 Å². The highest BCUT2D eigenvalue weighted by Gasteiger charge is 2.08. The number of rotatable bonds is 8. The summed E-state index contributed by atoms with van der Waals surface area (Å²) in [7, 11) is 0. The third kappa shape index (κ3) is 4.18. The molecule has 0 spiro atoms. The molecule has 0 saturated heterocycles. The maximum atomic E-state index is 11.4. The van der Waals surface area contributed by atoms with E-state index in [1.165, 1.54) is 4.88 Å². The molecule has 0 fully saturated rings. The maximum Gasteiger partial charge on any atom is 0.221 e. The van der Waals surface area contributed by atoms with Gasteiger partial charge in [0.15, 0.2) is 0 Å². The Hall–Kier alpha value is -1.66. The fraction of sp³-hybridized carbons (Fsp3) is 0.429. The molecule has 1 amide bonds. The highest BCUT2D eigenvalue weighted by Crippen LogP contribution is 2.25. The molecule has 0 bridgehead atoms. The summed E-state index contributed by atoms with van der Waals surface area (Å²) < 4.78 is 0. The lowest BCUT2D eigenvalue weighted by atomic mass is 10.2. The summed E-state index contributed by atoms with van der Waals surface area (Å²) in [5, 5.41) is 15.3. The van der Waals surface area contributed by atoms with Gasteiger partial charge in [0, 0.05) is 31.6 Å². The zero-order chi connectivity index (χ0) is 14.2. The second-order valence-corrected chi connectivity index (χ2v) is 5.47. The number of amides is 1. The van der Waals surface area contributed by atoms with Crippen molar-refractivity contribution in [3.8, 4) is 10.6 Å². The second-order valence-electron chi connectivity index (χ2n) is 4.52. The van der Waals surface area contributed by atoms with Crippen LogP contribution in [0, 0.1) is 0 Å². The van der Waals surface area contributed by atoms with E-state index in [0.717, 1.165) is 24.2 Å². The molecule has 2 heterocycles. The number of hydrogen-bond donors (Lipinski definition) is 3. The van der Waals surface area contributed by atoms with E-state index in [9.17, 15) is 4.79 Å². The Kier molecular flexibility index (Phi) is 5.76. The molecule has 0 atom stereocenters. The summed E-state index contributed by atoms with van der Waals surface area (Å²) in [6.07, 6.45) is 3.31. The van der Waals surface area contributed by atoms with Crippen molar-refractivity contribution >= 4 is 17.2 Å². The van der Waals surface area contributed by atoms with Crippen molar-refractivity contribution in [3.05, 3.63) is 29.3 Å². The van der Waals surface area contributed by atoms with Gasteiger partial charge in [-0.3, -0.25) is 9.89 Å². The van der Waals surface area contributed by atoms with Crippen LogP contribution in [0.15, 0.2) is 23.7 Å². The first-order chi connectivity index (χ1) is 9.81. The third-order valence-electron chi connectivity index (χ3n) is 2.90. The number of carbonyl (C=O) groups excluding carboxylic acids is 1. The van der Waals surface area contributed by atoms with E-state index in [1.807, 2.05) is 24.6 Å². The Bertz CT molecular complexity index is 521. The third-order valence-corrected chi connectivity index (χ3v) is 3.79. The number of nitrogens with zero attached hydrogens (tertiary/aromatic N) is 1. The molecule has 0 aliphatic rings. The lowest BCUT2D eigenvalue weighted by Crippen LogP contribution is -2.28. The fourth-order valence-corrected chi connectivity index (χ4v) is 2.61. The highest BCUT2D eigenvalue weighted by atomic mass is 32.1. The molecular weight excluding hydrogens is 272 g/mol. The molecule has 5 nitrogen and oxygen atoms in total. The number of H-pyrrole nitrogens is 1. The Morgan fingerprint density at radius 1 is 1.45 bits per heavy atom. The number of thiophene rings is 1. The minimum atomic E-state index is 0.102. The van der Waals surface area contributed by atoms with Gasteiger partial charge >= 0.3 is 0 Å². The lowest BCUT2D eigenvalue weighted by molar-refractivity contribution is -0.120. The van der Waals surface area contributed by atoms with Crippen molar-refractivity contribution in [2.75, 3.05) is 13.1 Å². The van der Waals surface area contributed by atoms with Crippen LogP contribution < -0.4 is 10.6 Å². The molecule has 2 aromatic heterocycles. The van der Waals surface area contributed by atoms with Crippen LogP contribution in [0.3, 0.4) is 0 Å². The highest BCUT2D eigenvalue weighted by molar-refractivity contribution is 7.13. The van der Waals surface area contributed by atoms with E-state index >= 15 is 0 Å². The summed E-state index contributed by atoms with van der Waals surface area (Å²) in [5.74, 6) is 0.102. The van der Waals surface area contributed by atoms with E-state index in [4.69, 9.17) is 0 Å². The average molecular weight is 292 g/mol. The summed E-state index contributed by atoms with van der Waals surface area (Å²) >= 11 is 1.68. The van der Waals surface area contributed by atoms with E-state index in [-0.39, 0.29) is 5.91 Å². The molecule has 0 aliphatic carbocycles. The van der Waals surface area contributed by atoms with Crippen molar-refractivity contribution in [2.24, 2.45) is 0 Å². The first-order valence-electron chi connectivity index (χ1n) is 6.84. The number of aromatic nitrogens is 2. The summed E-state index contributed by atoms with van der Waals surface area (Å²) in [4.78, 5) is 12.6. The van der Waals surface area contributed by atoms with Crippen molar-refractivity contribution in [1.82, 2.24) is 20.8 Å². The standard InChI is InChI=1S/C14H20N4OS/c1-2-6-16-13(19)5-7-15-9-11-10-17-18-14(11)12-4-3-8-20-12/h3-4,8,10,15H,2,5-7,9H2,1H3,(H,16,19)(H,17,18). The Balaban J connectivity index is 1.75. The van der Waals surface area contributed by atoms with E-state index in [2.05, 4.69) is 26.9 Å². The molecule has 0 aliphatic heterocycles. The molecule has 20 heavy (non-hydrogen) atoms. The van der Waals surface area contributed by atoms with Gasteiger partial charge in [-0.05, 0) is 17.9 Å². The minimum absolute atomic E-state index is 0.102. The first kappa shape index (κ1) is 14.7. The Morgan fingerprint density at radius 2 is 2.35 bits per heavy atom. The van der Waals surface area contributed by atoms with E-state index in [0.29, 0.717) is 19.5 Å². The molecule has 3 N–H and O–H groups in total. The van der Waals surface area contributed by atoms with Gasteiger partial charge in [-0.1, -0.05) is 13.0 Å². The quantitative estimate of drug-likeness (QED) is 0.653. The van der Waals surface area contributed by atoms with Crippen LogP contribution in [0.1, 0.15) is 25.3 Å². The molecular formula is C14H20N4OS. The molecule has 2 rings (SSSR count). The van der Waals surface area contributed by atoms with Gasteiger partial charge in [0.25, 0.3) is 0 Å². The summed E-state index contributed by atoms with van der Waals surface area (Å²) in [5.41, 5.74) is 2.18. The average Bonchev–Trinajstić information content (AvgIpc) is 3.11. The topological polar surface area (TPSA) is 69.8 Å². The smallest absolute Gasteiger partial charge is 0.221 e. The Morgan fingerprint density at radius 3 is 3.10 bits per heavy atom. The molecule has 0 aromatic carbocycles. The number of nitrogens with one attached hydrogen (secondary N) is 3. The monoisotopic (exact) mass is 292 g/mol. The second kappa shape index (κ2) is 7.81. The van der Waals surface area contributed by atoms with Crippen molar-refractivity contribution in [2.45, 2.75) is 26.3 Å². The largest absolute Gasteiger partial charge is 0.356 e. The van der Waals surface area contributed by atoms with E-state index in [1.54, 1.807) is 11.3 Å². The maximum absolute atomic E-state index is 11.4. The van der Waals surface area contributed by atoms with Crippen LogP contribution in [-0.4, -0.2) is 29.2 Å². The molecule has 0 saturated carbocycles. The van der Waals surface area contributed by atoms with Gasteiger partial charge in [0.1, 0.15) is 0 Å². The van der Waals surface area contributed by atoms with Crippen LogP contribution in [-0.2, 0) is 11.3 Å². The minimum Gasteiger partial charge on any atom is -0.356 e. The fourth-order valence-electron chi connectivity index (χ4n) is 1.86. The predicted molar refractivity (Wildman–Crippen MR) is 81.5 cm³/mol. The van der Waals surface area contributed by atoms with Gasteiger partial charge in [-0.25, -0.2) is 0 Å². The van der Waals surface area contributed by atoms with Crippen molar-refractivity contribution in [3.63, 3.8) is 0 Å². The first-order valence-corrected chi connectivity index (χ1v) is 7.72. The van der Waals surface area contributed by atoms with E-state index < -0.39 is 0 Å². The van der Waals surface area contributed by atoms with Crippen LogP contribution in [0.25, 0.3) is 10.6 Å². The van der Waals surface area contributed by atoms with Gasteiger partial charge in [-0.2, -0.15) is 5.10 Å². The molecule has 6 heteroatoms. The van der Waals surface area contributed by atoms with Gasteiger partial charge in [-0.15, -0.1) is 11.3 Å². The predicted octanol–water partition coefficient (Wildman–Crippen LogP) is 2.14. The zero-order valence-electron chi connectivity index (χ0n) is 11.6. The van der Waals surface area contributed by atoms with Crippen LogP contribution in [0.5, 0.6) is 0 Å². The number of carbonyl (C=O) groups is 1. The number of hydrogen-bond acceptors (Lipinski definition) is 4. The normalized spacial score (nSPS) is 10.7. The molecule has 108 valence electrons. The molecule has 0 radical (unpaired) electrons. The van der Waals surface area contributed by atoms with Gasteiger partial charge < -0.3 is 10.6 Å². The van der Waals surface area contributed by atoms with Crippen LogP contribution in [0.4, 0.5) is 0 Å². The molecule has 2 aromatic rings. The zero-order valence-corrected chi connectivity index (χ0v) is 12.4. The number of aromatic amines is 1. The Labute approximate surface area is 122 Å². The van der Waals surface area contributed by atoms with Gasteiger partial charge in [0.05, 0.1) is 16.8 Å². The molecule has 0 unspecified atom stereocenters. The van der Waals surface area contributed by atoms with Crippen LogP contribution >= 0.6 is 11.3 Å². The summed E-state index contributed by atoms with van der Waals surface area (Å²) in [6, 6.07) is 4.09.